The van der Waals surface area contributed by atoms with Crippen LogP contribution < -0.4 is 11.1 Å². The Bertz CT molecular complexity index is 1180. The largest absolute Gasteiger partial charge is 0.365 e. The Morgan fingerprint density at radius 1 is 1.34 bits per heavy atom. The molecule has 0 saturated heterocycles. The fraction of sp³-hybridized carbons (Fsp3) is 0.286. The monoisotopic (exact) mass is 396 g/mol. The molecule has 2 aromatic rings. The summed E-state index contributed by atoms with van der Waals surface area (Å²) in [6.07, 6.45) is 3.29. The lowest BCUT2D eigenvalue weighted by Gasteiger charge is -2.23. The molecule has 4 N–H and O–H groups in total. The van der Waals surface area contributed by atoms with Crippen LogP contribution in [-0.4, -0.2) is 16.8 Å². The Kier molecular flexibility index (Phi) is 5.38. The fourth-order valence-electron chi connectivity index (χ4n) is 3.79. The summed E-state index contributed by atoms with van der Waals surface area (Å²) in [7, 11) is 0. The summed E-state index contributed by atoms with van der Waals surface area (Å²) in [5.41, 5.74) is 5.67. The number of hydrogen-bond acceptors (Lipinski definition) is 3. The SMILES string of the molecule is CC#CC(=O)NC1=CC(c2c(F)c(F)c(C(N)=O)c3[nH]c(C)c(C#N)c23)CCC1. The van der Waals surface area contributed by atoms with Gasteiger partial charge in [0.1, 0.15) is 11.6 Å². The number of rotatable bonds is 3. The van der Waals surface area contributed by atoms with Gasteiger partial charge in [-0.15, -0.1) is 0 Å². The maximum atomic E-state index is 15.1. The number of halogens is 2. The van der Waals surface area contributed by atoms with Crippen LogP contribution in [0.5, 0.6) is 0 Å². The average molecular weight is 396 g/mol. The zero-order valence-electron chi connectivity index (χ0n) is 15.9. The van der Waals surface area contributed by atoms with Crippen molar-refractivity contribution in [3.05, 3.63) is 45.8 Å². The quantitative estimate of drug-likeness (QED) is 0.693. The van der Waals surface area contributed by atoms with E-state index in [-0.39, 0.29) is 22.0 Å². The van der Waals surface area contributed by atoms with Crippen molar-refractivity contribution in [1.29, 1.82) is 5.26 Å². The van der Waals surface area contributed by atoms with Crippen molar-refractivity contribution in [3.63, 3.8) is 0 Å². The molecule has 8 heteroatoms. The molecule has 0 fully saturated rings. The minimum Gasteiger partial charge on any atom is -0.365 e. The highest BCUT2D eigenvalue weighted by Crippen LogP contribution is 2.40. The van der Waals surface area contributed by atoms with Gasteiger partial charge in [-0.1, -0.05) is 12.0 Å². The number of hydrogen-bond donors (Lipinski definition) is 3. The van der Waals surface area contributed by atoms with Crippen LogP contribution in [0.4, 0.5) is 8.78 Å². The van der Waals surface area contributed by atoms with Crippen molar-refractivity contribution in [2.45, 2.75) is 39.0 Å². The van der Waals surface area contributed by atoms with E-state index in [0.717, 1.165) is 0 Å². The molecule has 0 spiro atoms. The normalized spacial score (nSPS) is 15.8. The molecule has 1 heterocycles. The molecule has 2 amide bonds. The third kappa shape index (κ3) is 3.45. The number of benzene rings is 1. The third-order valence-electron chi connectivity index (χ3n) is 4.96. The number of nitrogens with two attached hydrogens (primary N) is 1. The van der Waals surface area contributed by atoms with Crippen molar-refractivity contribution >= 4 is 22.7 Å². The second-order valence-corrected chi connectivity index (χ2v) is 6.79. The molecular formula is C21H18F2N4O2. The molecule has 1 aliphatic carbocycles. The molecule has 1 aromatic heterocycles. The van der Waals surface area contributed by atoms with Crippen molar-refractivity contribution in [1.82, 2.24) is 10.3 Å². The van der Waals surface area contributed by atoms with Crippen molar-refractivity contribution in [2.75, 3.05) is 0 Å². The van der Waals surface area contributed by atoms with Gasteiger partial charge >= 0.3 is 0 Å². The summed E-state index contributed by atoms with van der Waals surface area (Å²) in [4.78, 5) is 26.3. The summed E-state index contributed by atoms with van der Waals surface area (Å²) in [6.45, 7) is 3.11. The first kappa shape index (κ1) is 20.1. The average Bonchev–Trinajstić information content (AvgIpc) is 2.97. The first-order valence-corrected chi connectivity index (χ1v) is 8.97. The van der Waals surface area contributed by atoms with Crippen molar-refractivity contribution in [2.24, 2.45) is 5.73 Å². The van der Waals surface area contributed by atoms with Gasteiger partial charge < -0.3 is 16.0 Å². The zero-order valence-corrected chi connectivity index (χ0v) is 15.9. The van der Waals surface area contributed by atoms with Crippen molar-refractivity contribution in [3.8, 4) is 17.9 Å². The number of aromatic amines is 1. The molecular weight excluding hydrogens is 378 g/mol. The van der Waals surface area contributed by atoms with E-state index in [1.54, 1.807) is 13.0 Å². The molecule has 29 heavy (non-hydrogen) atoms. The van der Waals surface area contributed by atoms with Gasteiger partial charge in [-0.25, -0.2) is 8.78 Å². The van der Waals surface area contributed by atoms with Crippen LogP contribution in [0.1, 0.15) is 59.3 Å². The molecule has 0 radical (unpaired) electrons. The Hall–Kier alpha value is -3.65. The van der Waals surface area contributed by atoms with Gasteiger partial charge in [0, 0.05) is 28.3 Å². The second-order valence-electron chi connectivity index (χ2n) is 6.79. The van der Waals surface area contributed by atoms with Crippen molar-refractivity contribution < 1.29 is 18.4 Å². The molecule has 6 nitrogen and oxygen atoms in total. The van der Waals surface area contributed by atoms with Crippen LogP contribution in [0.3, 0.4) is 0 Å². The van der Waals surface area contributed by atoms with Crippen LogP contribution in [0, 0.1) is 41.7 Å². The number of fused-ring (bicyclic) bond motifs is 1. The van der Waals surface area contributed by atoms with Gasteiger partial charge in [-0.3, -0.25) is 9.59 Å². The lowest BCUT2D eigenvalue weighted by Crippen LogP contribution is -2.24. The lowest BCUT2D eigenvalue weighted by molar-refractivity contribution is -0.115. The molecule has 1 unspecified atom stereocenters. The molecule has 0 saturated carbocycles. The van der Waals surface area contributed by atoms with Gasteiger partial charge in [-0.2, -0.15) is 5.26 Å². The van der Waals surface area contributed by atoms with Gasteiger partial charge in [0.05, 0.1) is 11.1 Å². The number of nitriles is 1. The number of amides is 2. The number of carbonyl (C=O) groups is 2. The van der Waals surface area contributed by atoms with E-state index in [1.165, 1.54) is 6.92 Å². The van der Waals surface area contributed by atoms with E-state index in [2.05, 4.69) is 22.1 Å². The van der Waals surface area contributed by atoms with E-state index >= 15 is 4.39 Å². The Balaban J connectivity index is 2.26. The maximum absolute atomic E-state index is 15.1. The number of aryl methyl sites for hydroxylation is 1. The van der Waals surface area contributed by atoms with E-state index in [1.807, 2.05) is 6.07 Å². The van der Waals surface area contributed by atoms with Crippen LogP contribution in [0.2, 0.25) is 0 Å². The van der Waals surface area contributed by atoms with E-state index in [4.69, 9.17) is 5.73 Å². The fourth-order valence-corrected chi connectivity index (χ4v) is 3.79. The summed E-state index contributed by atoms with van der Waals surface area (Å²) in [6, 6.07) is 1.99. The summed E-state index contributed by atoms with van der Waals surface area (Å²) < 4.78 is 29.9. The van der Waals surface area contributed by atoms with E-state index in [0.29, 0.717) is 30.7 Å². The molecule has 1 aromatic carbocycles. The summed E-state index contributed by atoms with van der Waals surface area (Å²) in [5.74, 6) is 0.0613. The smallest absolute Gasteiger partial charge is 0.299 e. The standard InChI is InChI=1S/C21H18F2N4O2/c1-3-5-14(28)27-12-7-4-6-11(8-12)15-16-13(9-24)10(2)26-20(16)17(21(25)29)19(23)18(15)22/h8,11,26H,4,6-7H2,1-2H3,(H2,25,29)(H,27,28). The summed E-state index contributed by atoms with van der Waals surface area (Å²) >= 11 is 0. The van der Waals surface area contributed by atoms with Gasteiger partial charge in [0.15, 0.2) is 11.6 Å². The first-order valence-electron chi connectivity index (χ1n) is 8.97. The van der Waals surface area contributed by atoms with Crippen LogP contribution in [-0.2, 0) is 4.79 Å². The Morgan fingerprint density at radius 2 is 2.07 bits per heavy atom. The predicted molar refractivity (Wildman–Crippen MR) is 102 cm³/mol. The number of nitrogens with one attached hydrogen (secondary N) is 2. The number of primary amides is 1. The minimum atomic E-state index is -1.35. The van der Waals surface area contributed by atoms with Gasteiger partial charge in [0.2, 0.25) is 0 Å². The van der Waals surface area contributed by atoms with Gasteiger partial charge in [0.25, 0.3) is 11.8 Å². The number of carbonyl (C=O) groups excluding carboxylic acids is 2. The highest BCUT2D eigenvalue weighted by Gasteiger charge is 2.31. The number of allylic oxidation sites excluding steroid dienone is 2. The highest BCUT2D eigenvalue weighted by atomic mass is 19.2. The minimum absolute atomic E-state index is 0.00172. The first-order chi connectivity index (χ1) is 13.8. The number of H-pyrrole nitrogens is 1. The molecule has 148 valence electrons. The molecule has 1 aliphatic rings. The zero-order chi connectivity index (χ0) is 21.3. The molecule has 1 atom stereocenters. The Labute approximate surface area is 165 Å². The lowest BCUT2D eigenvalue weighted by atomic mass is 9.84. The van der Waals surface area contributed by atoms with Gasteiger partial charge in [-0.05, 0) is 39.0 Å². The van der Waals surface area contributed by atoms with Crippen LogP contribution >= 0.6 is 0 Å². The second kappa shape index (κ2) is 7.76. The topological polar surface area (TPSA) is 112 Å². The highest BCUT2D eigenvalue weighted by molar-refractivity contribution is 6.08. The predicted octanol–water partition coefficient (Wildman–Crippen LogP) is 3.02. The third-order valence-corrected chi connectivity index (χ3v) is 4.96. The van der Waals surface area contributed by atoms with Crippen LogP contribution in [0.25, 0.3) is 10.9 Å². The van der Waals surface area contributed by atoms with Crippen LogP contribution in [0.15, 0.2) is 11.8 Å². The van der Waals surface area contributed by atoms with E-state index < -0.39 is 34.9 Å². The Morgan fingerprint density at radius 3 is 2.69 bits per heavy atom. The molecule has 3 rings (SSSR count). The number of nitrogens with zero attached hydrogens (tertiary/aromatic N) is 1. The summed E-state index contributed by atoms with van der Waals surface area (Å²) in [5, 5.41) is 12.3. The number of aromatic nitrogens is 1. The molecule has 0 aliphatic heterocycles. The van der Waals surface area contributed by atoms with E-state index in [9.17, 15) is 19.2 Å². The maximum Gasteiger partial charge on any atom is 0.299 e. The molecule has 0 bridgehead atoms.